The van der Waals surface area contributed by atoms with Crippen molar-refractivity contribution in [1.29, 1.82) is 0 Å². The van der Waals surface area contributed by atoms with Crippen LogP contribution < -0.4 is 21.1 Å². The van der Waals surface area contributed by atoms with E-state index in [0.717, 1.165) is 31.5 Å². The maximum atomic E-state index is 12.9. The second-order valence-corrected chi connectivity index (χ2v) is 8.51. The second-order valence-electron chi connectivity index (χ2n) is 8.10. The number of carbonyl (C=O) groups excluding carboxylic acids is 2. The quantitative estimate of drug-likeness (QED) is 0.695. The van der Waals surface area contributed by atoms with Crippen LogP contribution in [-0.4, -0.2) is 34.9 Å². The standard InChI is InChI=1S/C21H24ClN5O3/c1-11-5-7-27(8-6-11)21-25-18-17(20(30)26-21)13(10-16(28)24-18)19(29)23-15-4-3-12(2)9-14(15)22/h3-4,9,11,13H,5-8,10H2,1-2H3,(H,23,29)(H2,24,25,26,28,30)/t13-/m0/s1. The van der Waals surface area contributed by atoms with Crippen LogP contribution in [0.2, 0.25) is 5.02 Å². The van der Waals surface area contributed by atoms with Crippen molar-refractivity contribution in [2.75, 3.05) is 28.6 Å². The molecule has 0 spiro atoms. The van der Waals surface area contributed by atoms with Gasteiger partial charge in [0.15, 0.2) is 0 Å². The van der Waals surface area contributed by atoms with Crippen LogP contribution >= 0.6 is 11.6 Å². The zero-order valence-electron chi connectivity index (χ0n) is 16.9. The number of halogens is 1. The summed E-state index contributed by atoms with van der Waals surface area (Å²) in [5.74, 6) is -0.560. The highest BCUT2D eigenvalue weighted by molar-refractivity contribution is 6.33. The molecule has 4 rings (SSSR count). The number of piperidine rings is 1. The Bertz CT molecular complexity index is 1060. The average molecular weight is 430 g/mol. The number of aromatic amines is 1. The van der Waals surface area contributed by atoms with Crippen LogP contribution in [-0.2, 0) is 9.59 Å². The minimum Gasteiger partial charge on any atom is -0.342 e. The van der Waals surface area contributed by atoms with Gasteiger partial charge in [-0.2, -0.15) is 4.98 Å². The van der Waals surface area contributed by atoms with Crippen LogP contribution in [0.25, 0.3) is 0 Å². The minimum absolute atomic E-state index is 0.131. The lowest BCUT2D eigenvalue weighted by atomic mass is 9.92. The van der Waals surface area contributed by atoms with Crippen LogP contribution in [0.4, 0.5) is 17.5 Å². The van der Waals surface area contributed by atoms with Crippen molar-refractivity contribution >= 4 is 40.9 Å². The normalized spacial score (nSPS) is 19.2. The van der Waals surface area contributed by atoms with E-state index in [0.29, 0.717) is 22.6 Å². The fraction of sp³-hybridized carbons (Fsp3) is 0.429. The molecule has 0 bridgehead atoms. The number of rotatable bonds is 3. The number of H-pyrrole nitrogens is 1. The third-order valence-electron chi connectivity index (χ3n) is 5.72. The summed E-state index contributed by atoms with van der Waals surface area (Å²) < 4.78 is 0. The zero-order valence-corrected chi connectivity index (χ0v) is 17.7. The molecule has 1 saturated heterocycles. The van der Waals surface area contributed by atoms with E-state index in [2.05, 4.69) is 27.5 Å². The summed E-state index contributed by atoms with van der Waals surface area (Å²) in [6.45, 7) is 5.66. The van der Waals surface area contributed by atoms with Crippen molar-refractivity contribution in [2.45, 2.75) is 39.0 Å². The molecular formula is C21H24ClN5O3. The van der Waals surface area contributed by atoms with Gasteiger partial charge in [0.1, 0.15) is 5.82 Å². The molecule has 1 fully saturated rings. The lowest BCUT2D eigenvalue weighted by Gasteiger charge is -2.31. The summed E-state index contributed by atoms with van der Waals surface area (Å²) in [7, 11) is 0. The largest absolute Gasteiger partial charge is 0.342 e. The van der Waals surface area contributed by atoms with E-state index in [1.807, 2.05) is 17.9 Å². The van der Waals surface area contributed by atoms with Gasteiger partial charge in [0.05, 0.1) is 22.2 Å². The Morgan fingerprint density at radius 1 is 1.27 bits per heavy atom. The molecule has 0 aliphatic carbocycles. The maximum Gasteiger partial charge on any atom is 0.258 e. The molecule has 1 aromatic heterocycles. The highest BCUT2D eigenvalue weighted by atomic mass is 35.5. The Balaban J connectivity index is 1.63. The Hall–Kier alpha value is -2.87. The van der Waals surface area contributed by atoms with E-state index in [1.165, 1.54) is 0 Å². The van der Waals surface area contributed by atoms with E-state index >= 15 is 0 Å². The first kappa shape index (κ1) is 20.4. The van der Waals surface area contributed by atoms with Crippen LogP contribution in [0.1, 0.15) is 43.2 Å². The molecule has 30 heavy (non-hydrogen) atoms. The van der Waals surface area contributed by atoms with Crippen LogP contribution in [0.5, 0.6) is 0 Å². The van der Waals surface area contributed by atoms with Crippen LogP contribution in [0.15, 0.2) is 23.0 Å². The molecular weight excluding hydrogens is 406 g/mol. The van der Waals surface area contributed by atoms with E-state index < -0.39 is 17.4 Å². The SMILES string of the molecule is Cc1ccc(NC(=O)[C@H]2CC(=O)Nc3nc(N4CCC(C)CC4)[nH]c(=O)c32)c(Cl)c1. The van der Waals surface area contributed by atoms with Gasteiger partial charge in [0.2, 0.25) is 17.8 Å². The summed E-state index contributed by atoms with van der Waals surface area (Å²) in [5.41, 5.74) is 1.15. The molecule has 2 aromatic rings. The van der Waals surface area contributed by atoms with Gasteiger partial charge >= 0.3 is 0 Å². The van der Waals surface area contributed by atoms with Crippen molar-refractivity contribution in [2.24, 2.45) is 5.92 Å². The highest BCUT2D eigenvalue weighted by Crippen LogP contribution is 2.32. The third-order valence-corrected chi connectivity index (χ3v) is 6.03. The lowest BCUT2D eigenvalue weighted by Crippen LogP contribution is -2.39. The van der Waals surface area contributed by atoms with Gasteiger partial charge in [0, 0.05) is 19.5 Å². The van der Waals surface area contributed by atoms with Crippen molar-refractivity contribution in [1.82, 2.24) is 9.97 Å². The maximum absolute atomic E-state index is 12.9. The summed E-state index contributed by atoms with van der Waals surface area (Å²) >= 11 is 6.21. The molecule has 1 aromatic carbocycles. The fourth-order valence-corrected chi connectivity index (χ4v) is 4.18. The number of anilines is 3. The smallest absolute Gasteiger partial charge is 0.258 e. The topological polar surface area (TPSA) is 107 Å². The van der Waals surface area contributed by atoms with Crippen LogP contribution in [0.3, 0.4) is 0 Å². The molecule has 1 atom stereocenters. The summed E-state index contributed by atoms with van der Waals surface area (Å²) in [4.78, 5) is 47.4. The number of hydrogen-bond donors (Lipinski definition) is 3. The molecule has 3 N–H and O–H groups in total. The monoisotopic (exact) mass is 429 g/mol. The molecule has 0 unspecified atom stereocenters. The number of amides is 2. The lowest BCUT2D eigenvalue weighted by molar-refractivity contribution is -0.123. The summed E-state index contributed by atoms with van der Waals surface area (Å²) in [6, 6.07) is 5.25. The first-order valence-corrected chi connectivity index (χ1v) is 10.5. The molecule has 0 radical (unpaired) electrons. The van der Waals surface area contributed by atoms with E-state index in [-0.39, 0.29) is 23.7 Å². The van der Waals surface area contributed by atoms with Crippen molar-refractivity contribution in [3.05, 3.63) is 44.7 Å². The Kier molecular flexibility index (Phi) is 5.51. The number of hydrogen-bond acceptors (Lipinski definition) is 5. The first-order valence-electron chi connectivity index (χ1n) is 10.1. The van der Waals surface area contributed by atoms with E-state index in [1.54, 1.807) is 12.1 Å². The molecule has 2 aliphatic rings. The third kappa shape index (κ3) is 4.05. The number of nitrogens with zero attached hydrogens (tertiary/aromatic N) is 2. The summed E-state index contributed by atoms with van der Waals surface area (Å²) in [5, 5.41) is 5.78. The van der Waals surface area contributed by atoms with Crippen molar-refractivity contribution < 1.29 is 9.59 Å². The zero-order chi connectivity index (χ0) is 21.4. The van der Waals surface area contributed by atoms with Gasteiger partial charge in [-0.1, -0.05) is 24.6 Å². The number of aromatic nitrogens is 2. The molecule has 2 aliphatic heterocycles. The molecule has 8 nitrogen and oxygen atoms in total. The van der Waals surface area contributed by atoms with Gasteiger partial charge in [-0.25, -0.2) is 0 Å². The average Bonchev–Trinajstić information content (AvgIpc) is 2.69. The van der Waals surface area contributed by atoms with Gasteiger partial charge in [0.25, 0.3) is 5.56 Å². The number of carbonyl (C=O) groups is 2. The second kappa shape index (κ2) is 8.10. The molecule has 2 amide bonds. The fourth-order valence-electron chi connectivity index (χ4n) is 3.89. The number of aryl methyl sites for hydroxylation is 1. The molecule has 9 heteroatoms. The van der Waals surface area contributed by atoms with Gasteiger partial charge in [-0.15, -0.1) is 0 Å². The predicted molar refractivity (Wildman–Crippen MR) is 116 cm³/mol. The van der Waals surface area contributed by atoms with E-state index in [4.69, 9.17) is 11.6 Å². The summed E-state index contributed by atoms with van der Waals surface area (Å²) in [6.07, 6.45) is 1.89. The highest BCUT2D eigenvalue weighted by Gasteiger charge is 2.35. The van der Waals surface area contributed by atoms with Gasteiger partial charge in [-0.3, -0.25) is 19.4 Å². The Morgan fingerprint density at radius 3 is 2.70 bits per heavy atom. The molecule has 0 saturated carbocycles. The van der Waals surface area contributed by atoms with E-state index in [9.17, 15) is 14.4 Å². The predicted octanol–water partition coefficient (Wildman–Crippen LogP) is 3.03. The Morgan fingerprint density at radius 2 is 2.00 bits per heavy atom. The number of benzene rings is 1. The number of nitrogens with one attached hydrogen (secondary N) is 3. The Labute approximate surface area is 179 Å². The van der Waals surface area contributed by atoms with Crippen molar-refractivity contribution in [3.63, 3.8) is 0 Å². The van der Waals surface area contributed by atoms with Crippen molar-refractivity contribution in [3.8, 4) is 0 Å². The van der Waals surface area contributed by atoms with Gasteiger partial charge < -0.3 is 15.5 Å². The minimum atomic E-state index is -0.946. The van der Waals surface area contributed by atoms with Crippen LogP contribution in [0, 0.1) is 12.8 Å². The van der Waals surface area contributed by atoms with Gasteiger partial charge in [-0.05, 0) is 43.4 Å². The number of fused-ring (bicyclic) bond motifs is 1. The molecule has 3 heterocycles. The first-order chi connectivity index (χ1) is 14.3. The molecule has 158 valence electrons.